The molecule has 1 unspecified atom stereocenters. The molecule has 24 heteroatoms. The number of imidazole rings is 2. The normalized spacial score (nSPS) is 25.7. The third-order valence-electron chi connectivity index (χ3n) is 9.56. The van der Waals surface area contributed by atoms with Gasteiger partial charge in [0.05, 0.1) is 31.8 Å². The summed E-state index contributed by atoms with van der Waals surface area (Å²) in [5, 5.41) is 6.71. The Morgan fingerprint density at radius 3 is 2.26 bits per heavy atom. The highest BCUT2D eigenvalue weighted by Crippen LogP contribution is 2.51. The lowest BCUT2D eigenvalue weighted by Gasteiger charge is -2.26. The molecule has 0 spiro atoms. The number of nitrogens with zero attached hydrogens (tertiary/aromatic N) is 10. The van der Waals surface area contributed by atoms with Gasteiger partial charge in [0.15, 0.2) is 64.7 Å². The molecular weight excluding hydrogens is 807 g/mol. The standard InChI is InChI=1S/C34H34F2N11O9PS/c1-3-19-27(23(36)34(53-19)45-14-40-24-28(37-12-38-29(24)45)44-32(50)18-7-5-4-6-8-18)56-57(51,58)52-11-20-26(55-21(49)10-9-17(2)48)22(35)33(54-20)46-15-41-25-30(46)42-16-47-31(25)39-13-43-47/h4-8,12-16,19-20,22-23,26-27,33-34H,3,9-11H2,1-2H3,(H,51,58)(H,37,38,44,50)/t19-,20-,22-,23-,26-,27-,33-,34-,57?/m1/s1. The van der Waals surface area contributed by atoms with Crippen LogP contribution in [-0.2, 0) is 44.7 Å². The molecule has 2 saturated heterocycles. The van der Waals surface area contributed by atoms with Gasteiger partial charge in [0, 0.05) is 12.0 Å². The van der Waals surface area contributed by atoms with E-state index in [0.717, 1.165) is 0 Å². The van der Waals surface area contributed by atoms with Crippen molar-refractivity contribution in [2.24, 2.45) is 0 Å². The molecule has 7 heterocycles. The lowest BCUT2D eigenvalue weighted by Crippen LogP contribution is -2.36. The van der Waals surface area contributed by atoms with E-state index in [1.54, 1.807) is 37.3 Å². The molecule has 58 heavy (non-hydrogen) atoms. The minimum absolute atomic E-state index is 0.0879. The SMILES string of the molecule is CC[C@H]1O[C@@H](n2cnc3c(NC(=O)c4ccccc4)ncnc32)[C@H](F)[C@@H]1OP(O)(=S)OC[C@H]1O[C@@H](n2cnc3c2ncn2ncnc32)[C@H](F)[C@@H]1OC(=O)CCC(C)=O. The highest BCUT2D eigenvalue weighted by atomic mass is 32.5. The Bertz CT molecular complexity index is 2540. The number of amides is 1. The average Bonchev–Trinajstić information content (AvgIpc) is 4.05. The van der Waals surface area contributed by atoms with Crippen molar-refractivity contribution in [2.45, 2.75) is 82.3 Å². The van der Waals surface area contributed by atoms with Crippen LogP contribution in [0.3, 0.4) is 0 Å². The zero-order valence-electron chi connectivity index (χ0n) is 30.5. The quantitative estimate of drug-likeness (QED) is 0.118. The summed E-state index contributed by atoms with van der Waals surface area (Å²) in [4.78, 5) is 73.8. The first-order valence-corrected chi connectivity index (χ1v) is 20.5. The van der Waals surface area contributed by atoms with Gasteiger partial charge in [-0.05, 0) is 37.3 Å². The molecule has 2 N–H and O–H groups in total. The number of alkyl halides is 2. The molecule has 1 aromatic carbocycles. The fourth-order valence-electron chi connectivity index (χ4n) is 6.74. The molecule has 0 bridgehead atoms. The Labute approximate surface area is 331 Å². The first kappa shape index (κ1) is 39.5. The third kappa shape index (κ3) is 7.68. The topological polar surface area (TPSA) is 234 Å². The molecule has 8 rings (SSSR count). The summed E-state index contributed by atoms with van der Waals surface area (Å²) in [5.74, 6) is -1.50. The molecule has 2 aliphatic rings. The number of esters is 1. The first-order chi connectivity index (χ1) is 27.9. The third-order valence-corrected chi connectivity index (χ3v) is 11.1. The molecule has 2 aliphatic heterocycles. The number of hydrogen-bond donors (Lipinski definition) is 2. The van der Waals surface area contributed by atoms with E-state index < -0.39 is 74.4 Å². The van der Waals surface area contributed by atoms with Gasteiger partial charge in [0.2, 0.25) is 0 Å². The molecule has 6 aromatic rings. The van der Waals surface area contributed by atoms with Crippen molar-refractivity contribution >= 4 is 70.0 Å². The Hall–Kier alpha value is -5.29. The zero-order chi connectivity index (χ0) is 40.7. The second-order valence-electron chi connectivity index (χ2n) is 13.4. The Kier molecular flexibility index (Phi) is 11.0. The van der Waals surface area contributed by atoms with Gasteiger partial charge in [-0.3, -0.25) is 23.2 Å². The number of ketones is 1. The van der Waals surface area contributed by atoms with Crippen molar-refractivity contribution in [1.82, 2.24) is 48.7 Å². The molecule has 5 aromatic heterocycles. The fourth-order valence-corrected chi connectivity index (χ4v) is 8.18. The number of Topliss-reactive ketones (excluding diaryl/α,β-unsaturated/α-hetero) is 1. The van der Waals surface area contributed by atoms with E-state index in [1.165, 1.54) is 52.2 Å². The number of rotatable bonds is 14. The Morgan fingerprint density at radius 1 is 0.862 bits per heavy atom. The van der Waals surface area contributed by atoms with Gasteiger partial charge < -0.3 is 33.7 Å². The van der Waals surface area contributed by atoms with Crippen LogP contribution in [-0.4, -0.2) is 115 Å². The summed E-state index contributed by atoms with van der Waals surface area (Å²) in [6, 6.07) is 8.45. The van der Waals surface area contributed by atoms with Gasteiger partial charge >= 0.3 is 12.7 Å². The second kappa shape index (κ2) is 16.2. The molecule has 0 aliphatic carbocycles. The van der Waals surface area contributed by atoms with Gasteiger partial charge in [-0.1, -0.05) is 25.1 Å². The van der Waals surface area contributed by atoms with Gasteiger partial charge in [0.25, 0.3) is 5.91 Å². The van der Waals surface area contributed by atoms with Crippen LogP contribution in [0.25, 0.3) is 28.0 Å². The molecule has 9 atom stereocenters. The van der Waals surface area contributed by atoms with E-state index in [9.17, 15) is 19.3 Å². The van der Waals surface area contributed by atoms with Gasteiger partial charge in [-0.25, -0.2) is 43.2 Å². The maximum absolute atomic E-state index is 16.4. The number of fused-ring (bicyclic) bond motifs is 4. The Balaban J connectivity index is 0.981. The summed E-state index contributed by atoms with van der Waals surface area (Å²) in [6.45, 7) is -2.00. The molecule has 0 saturated carbocycles. The van der Waals surface area contributed by atoms with E-state index in [4.69, 9.17) is 35.1 Å². The lowest BCUT2D eigenvalue weighted by molar-refractivity contribution is -0.155. The number of ether oxygens (including phenoxy) is 3. The average molecular weight is 842 g/mol. The van der Waals surface area contributed by atoms with Crippen LogP contribution < -0.4 is 5.32 Å². The fraction of sp³-hybridized carbons (Fsp3) is 0.412. The Morgan fingerprint density at radius 2 is 1.53 bits per heavy atom. The summed E-state index contributed by atoms with van der Waals surface area (Å²) >= 11 is 5.30. The summed E-state index contributed by atoms with van der Waals surface area (Å²) in [6.07, 6.45) is -5.99. The smallest absolute Gasteiger partial charge is 0.325 e. The number of carbonyl (C=O) groups is 3. The second-order valence-corrected chi connectivity index (χ2v) is 16.2. The van der Waals surface area contributed by atoms with Crippen LogP contribution in [0.4, 0.5) is 14.6 Å². The van der Waals surface area contributed by atoms with Crippen LogP contribution >= 0.6 is 6.72 Å². The number of anilines is 1. The number of aromatic nitrogens is 10. The van der Waals surface area contributed by atoms with Crippen molar-refractivity contribution in [3.8, 4) is 0 Å². The van der Waals surface area contributed by atoms with Crippen LogP contribution in [0, 0.1) is 0 Å². The van der Waals surface area contributed by atoms with Crippen LogP contribution in [0.2, 0.25) is 0 Å². The largest absolute Gasteiger partial charge is 0.456 e. The van der Waals surface area contributed by atoms with Crippen LogP contribution in [0.1, 0.15) is 55.9 Å². The van der Waals surface area contributed by atoms with E-state index in [0.29, 0.717) is 16.7 Å². The molecule has 20 nitrogen and oxygen atoms in total. The van der Waals surface area contributed by atoms with Crippen molar-refractivity contribution in [3.05, 3.63) is 67.5 Å². The summed E-state index contributed by atoms with van der Waals surface area (Å²) in [5.41, 5.74) is 1.52. The number of halogens is 2. The van der Waals surface area contributed by atoms with Gasteiger partial charge in [-0.15, -0.1) is 0 Å². The number of nitrogens with one attached hydrogen (secondary N) is 1. The maximum Gasteiger partial charge on any atom is 0.325 e. The molecule has 304 valence electrons. The van der Waals surface area contributed by atoms with Crippen LogP contribution in [0.15, 0.2) is 62.0 Å². The van der Waals surface area contributed by atoms with Gasteiger partial charge in [0.1, 0.15) is 37.0 Å². The van der Waals surface area contributed by atoms with Gasteiger partial charge in [-0.2, -0.15) is 5.10 Å². The van der Waals surface area contributed by atoms with Crippen LogP contribution in [0.5, 0.6) is 0 Å². The highest BCUT2D eigenvalue weighted by molar-refractivity contribution is 8.07. The molecule has 0 radical (unpaired) electrons. The number of carbonyl (C=O) groups excluding carboxylic acids is 3. The van der Waals surface area contributed by atoms with E-state index in [-0.39, 0.29) is 47.7 Å². The van der Waals surface area contributed by atoms with E-state index >= 15 is 8.78 Å². The summed E-state index contributed by atoms with van der Waals surface area (Å²) < 4.78 is 65.5. The van der Waals surface area contributed by atoms with Crippen molar-refractivity contribution in [2.75, 3.05) is 11.9 Å². The van der Waals surface area contributed by atoms with Crippen molar-refractivity contribution < 1.29 is 51.3 Å². The predicted molar refractivity (Wildman–Crippen MR) is 199 cm³/mol. The monoisotopic (exact) mass is 841 g/mol. The minimum Gasteiger partial charge on any atom is -0.456 e. The number of benzene rings is 1. The predicted octanol–water partition coefficient (Wildman–Crippen LogP) is 3.35. The van der Waals surface area contributed by atoms with E-state index in [2.05, 4.69) is 40.3 Å². The zero-order valence-corrected chi connectivity index (χ0v) is 32.2. The molecular formula is C34H34F2N11O9PS. The van der Waals surface area contributed by atoms with Crippen molar-refractivity contribution in [3.63, 3.8) is 0 Å². The molecule has 1 amide bonds. The minimum atomic E-state index is -4.35. The first-order valence-electron chi connectivity index (χ1n) is 17.9. The molecule has 2 fully saturated rings. The lowest BCUT2D eigenvalue weighted by atomic mass is 10.1. The van der Waals surface area contributed by atoms with Crippen molar-refractivity contribution in [1.29, 1.82) is 0 Å². The maximum atomic E-state index is 16.4. The highest BCUT2D eigenvalue weighted by Gasteiger charge is 2.52. The summed E-state index contributed by atoms with van der Waals surface area (Å²) in [7, 11) is 0. The van der Waals surface area contributed by atoms with E-state index in [1.807, 2.05) is 0 Å². The number of hydrogen-bond acceptors (Lipinski definition) is 16.